The second-order valence-electron chi connectivity index (χ2n) is 8.06. The van der Waals surface area contributed by atoms with Gasteiger partial charge < -0.3 is 15.7 Å². The van der Waals surface area contributed by atoms with Gasteiger partial charge in [0.25, 0.3) is 0 Å². The third-order valence-electron chi connectivity index (χ3n) is 6.01. The smallest absolute Gasteiger partial charge is 0.323 e. The molecule has 1 fully saturated rings. The average Bonchev–Trinajstić information content (AvgIpc) is 3.22. The lowest BCUT2D eigenvalue weighted by atomic mass is 9.89. The van der Waals surface area contributed by atoms with Crippen LogP contribution in [-0.2, 0) is 6.42 Å². The summed E-state index contributed by atoms with van der Waals surface area (Å²) in [6.07, 6.45) is 4.66. The highest BCUT2D eigenvalue weighted by atomic mass is 16.3. The van der Waals surface area contributed by atoms with Crippen LogP contribution in [0.2, 0.25) is 0 Å². The van der Waals surface area contributed by atoms with Crippen molar-refractivity contribution in [3.8, 4) is 11.1 Å². The number of anilines is 2. The fraction of sp³-hybridized carbons (Fsp3) is 0.269. The zero-order chi connectivity index (χ0) is 20.8. The summed E-state index contributed by atoms with van der Waals surface area (Å²) in [7, 11) is 0. The number of nitrogens with one attached hydrogen (secondary N) is 2. The van der Waals surface area contributed by atoms with Gasteiger partial charge in [-0.05, 0) is 72.1 Å². The highest BCUT2D eigenvalue weighted by Gasteiger charge is 2.26. The first-order valence-electron chi connectivity index (χ1n) is 10.6. The van der Waals surface area contributed by atoms with Crippen molar-refractivity contribution in [3.63, 3.8) is 0 Å². The molecule has 0 saturated heterocycles. The quantitative estimate of drug-likeness (QED) is 0.479. The largest absolute Gasteiger partial charge is 0.396 e. The van der Waals surface area contributed by atoms with Gasteiger partial charge in [-0.25, -0.2) is 4.79 Å². The van der Waals surface area contributed by atoms with Crippen molar-refractivity contribution in [3.05, 3.63) is 84.4 Å². The lowest BCUT2D eigenvalue weighted by Gasteiger charge is -2.17. The van der Waals surface area contributed by atoms with Crippen molar-refractivity contribution in [1.29, 1.82) is 0 Å². The van der Waals surface area contributed by atoms with Gasteiger partial charge in [-0.3, -0.25) is 0 Å². The summed E-state index contributed by atoms with van der Waals surface area (Å²) < 4.78 is 0. The standard InChI is InChI=1S/C26H28N2O2/c29-18-23-6-4-5-22(23)17-19-9-11-20(12-10-19)21-13-15-25(16-14-21)28-26(30)27-24-7-2-1-3-8-24/h1-3,7-16,22-23,29H,4-6,17-18H2,(H2,27,28,30)/t22-,23+/m1/s1. The maximum absolute atomic E-state index is 12.1. The molecule has 4 nitrogen and oxygen atoms in total. The zero-order valence-electron chi connectivity index (χ0n) is 17.1. The number of hydrogen-bond acceptors (Lipinski definition) is 2. The molecule has 0 heterocycles. The van der Waals surface area contributed by atoms with E-state index in [-0.39, 0.29) is 6.03 Å². The maximum atomic E-state index is 12.1. The molecule has 0 aliphatic heterocycles. The Labute approximate surface area is 178 Å². The summed E-state index contributed by atoms with van der Waals surface area (Å²) in [6.45, 7) is 0.312. The maximum Gasteiger partial charge on any atom is 0.323 e. The Hall–Kier alpha value is -3.11. The molecule has 30 heavy (non-hydrogen) atoms. The lowest BCUT2D eigenvalue weighted by Crippen LogP contribution is -2.19. The van der Waals surface area contributed by atoms with Crippen LogP contribution in [-0.4, -0.2) is 17.7 Å². The molecule has 2 atom stereocenters. The van der Waals surface area contributed by atoms with E-state index in [2.05, 4.69) is 34.9 Å². The van der Waals surface area contributed by atoms with Crippen LogP contribution in [0.1, 0.15) is 24.8 Å². The number of amides is 2. The van der Waals surface area contributed by atoms with Gasteiger partial charge in [0.05, 0.1) is 0 Å². The number of hydrogen-bond donors (Lipinski definition) is 3. The third-order valence-corrected chi connectivity index (χ3v) is 6.01. The molecule has 2 amide bonds. The molecule has 4 heteroatoms. The Balaban J connectivity index is 1.35. The minimum absolute atomic E-state index is 0.258. The second-order valence-corrected chi connectivity index (χ2v) is 8.06. The fourth-order valence-electron chi connectivity index (χ4n) is 4.32. The molecule has 3 aromatic carbocycles. The SMILES string of the molecule is O=C(Nc1ccccc1)Nc1ccc(-c2ccc(C[C@H]3CCC[C@H]3CO)cc2)cc1. The second kappa shape index (κ2) is 9.59. The minimum Gasteiger partial charge on any atom is -0.396 e. The van der Waals surface area contributed by atoms with E-state index in [1.54, 1.807) is 0 Å². The van der Waals surface area contributed by atoms with Crippen LogP contribution in [0.15, 0.2) is 78.9 Å². The molecule has 0 spiro atoms. The summed E-state index contributed by atoms with van der Waals surface area (Å²) in [5, 5.41) is 15.2. The van der Waals surface area contributed by atoms with Crippen LogP contribution < -0.4 is 10.6 Å². The molecule has 4 rings (SSSR count). The first kappa shape index (κ1) is 20.2. The minimum atomic E-state index is -0.258. The first-order valence-corrected chi connectivity index (χ1v) is 10.6. The number of carbonyl (C=O) groups excluding carboxylic acids is 1. The number of aliphatic hydroxyl groups is 1. The molecule has 1 aliphatic rings. The van der Waals surface area contributed by atoms with Crippen molar-refractivity contribution < 1.29 is 9.90 Å². The highest BCUT2D eigenvalue weighted by molar-refractivity contribution is 5.99. The fourth-order valence-corrected chi connectivity index (χ4v) is 4.32. The Morgan fingerprint density at radius 2 is 1.33 bits per heavy atom. The predicted octanol–water partition coefficient (Wildman–Crippen LogP) is 5.95. The topological polar surface area (TPSA) is 61.4 Å². The van der Waals surface area contributed by atoms with Gasteiger partial charge in [-0.1, -0.05) is 61.0 Å². The number of carbonyl (C=O) groups is 1. The Morgan fingerprint density at radius 3 is 1.97 bits per heavy atom. The zero-order valence-corrected chi connectivity index (χ0v) is 17.1. The molecule has 1 saturated carbocycles. The number of urea groups is 1. The summed E-state index contributed by atoms with van der Waals surface area (Å²) in [4.78, 5) is 12.1. The van der Waals surface area contributed by atoms with Gasteiger partial charge in [0.1, 0.15) is 0 Å². The van der Waals surface area contributed by atoms with E-state index >= 15 is 0 Å². The summed E-state index contributed by atoms with van der Waals surface area (Å²) in [6, 6.07) is 25.7. The molecule has 0 unspecified atom stereocenters. The van der Waals surface area contributed by atoms with Gasteiger partial charge >= 0.3 is 6.03 Å². The highest BCUT2D eigenvalue weighted by Crippen LogP contribution is 2.34. The van der Waals surface area contributed by atoms with Crippen LogP contribution in [0.25, 0.3) is 11.1 Å². The monoisotopic (exact) mass is 400 g/mol. The van der Waals surface area contributed by atoms with Crippen LogP contribution in [0.4, 0.5) is 16.2 Å². The van der Waals surface area contributed by atoms with Crippen LogP contribution >= 0.6 is 0 Å². The molecule has 0 radical (unpaired) electrons. The van der Waals surface area contributed by atoms with Gasteiger partial charge in [-0.15, -0.1) is 0 Å². The van der Waals surface area contributed by atoms with Gasteiger partial charge in [0.15, 0.2) is 0 Å². The molecule has 3 aromatic rings. The van der Waals surface area contributed by atoms with Gasteiger partial charge in [0.2, 0.25) is 0 Å². The molecule has 3 N–H and O–H groups in total. The van der Waals surface area contributed by atoms with E-state index in [0.717, 1.165) is 35.3 Å². The van der Waals surface area contributed by atoms with Crippen molar-refractivity contribution in [2.24, 2.45) is 11.8 Å². The molecular formula is C26H28N2O2. The van der Waals surface area contributed by atoms with E-state index in [1.165, 1.54) is 18.4 Å². The molecule has 0 bridgehead atoms. The summed E-state index contributed by atoms with van der Waals surface area (Å²) in [5.74, 6) is 1.07. The van der Waals surface area contributed by atoms with E-state index < -0.39 is 0 Å². The van der Waals surface area contributed by atoms with Crippen LogP contribution in [0.3, 0.4) is 0 Å². The first-order chi connectivity index (χ1) is 14.7. The Bertz CT molecular complexity index is 953. The molecular weight excluding hydrogens is 372 g/mol. The van der Waals surface area contributed by atoms with E-state index in [1.807, 2.05) is 54.6 Å². The van der Waals surface area contributed by atoms with Gasteiger partial charge in [0, 0.05) is 18.0 Å². The van der Waals surface area contributed by atoms with E-state index in [9.17, 15) is 9.90 Å². The molecule has 1 aliphatic carbocycles. The van der Waals surface area contributed by atoms with Crippen molar-refractivity contribution in [1.82, 2.24) is 0 Å². The van der Waals surface area contributed by atoms with Crippen molar-refractivity contribution in [2.75, 3.05) is 17.2 Å². The number of rotatable bonds is 6. The van der Waals surface area contributed by atoms with Crippen LogP contribution in [0, 0.1) is 11.8 Å². The van der Waals surface area contributed by atoms with Gasteiger partial charge in [-0.2, -0.15) is 0 Å². The molecule has 0 aromatic heterocycles. The lowest BCUT2D eigenvalue weighted by molar-refractivity contribution is 0.194. The van der Waals surface area contributed by atoms with E-state index in [4.69, 9.17) is 0 Å². The number of benzene rings is 3. The Morgan fingerprint density at radius 1 is 0.767 bits per heavy atom. The average molecular weight is 401 g/mol. The van der Waals surface area contributed by atoms with E-state index in [0.29, 0.717) is 18.4 Å². The third kappa shape index (κ3) is 5.08. The predicted molar refractivity (Wildman–Crippen MR) is 123 cm³/mol. The van der Waals surface area contributed by atoms with Crippen molar-refractivity contribution in [2.45, 2.75) is 25.7 Å². The molecule has 154 valence electrons. The normalized spacial score (nSPS) is 18.2. The summed E-state index contributed by atoms with van der Waals surface area (Å²) >= 11 is 0. The Kier molecular flexibility index (Phi) is 6.45. The van der Waals surface area contributed by atoms with Crippen molar-refractivity contribution >= 4 is 17.4 Å². The van der Waals surface area contributed by atoms with Crippen LogP contribution in [0.5, 0.6) is 0 Å². The number of aliphatic hydroxyl groups excluding tert-OH is 1. The summed E-state index contributed by atoms with van der Waals surface area (Å²) in [5.41, 5.74) is 5.11. The number of para-hydroxylation sites is 1.